The minimum Gasteiger partial charge on any atom is -0.310 e. The molecule has 1 unspecified atom stereocenters. The maximum atomic E-state index is 12.8. The molecule has 2 nitrogen and oxygen atoms in total. The summed E-state index contributed by atoms with van der Waals surface area (Å²) in [5.74, 6) is -0.387. The van der Waals surface area contributed by atoms with E-state index >= 15 is 0 Å². The average molecular weight is 194 g/mol. The molecule has 1 saturated heterocycles. The van der Waals surface area contributed by atoms with E-state index in [4.69, 9.17) is 0 Å². The largest absolute Gasteiger partial charge is 0.310 e. The van der Waals surface area contributed by atoms with Crippen molar-refractivity contribution in [3.63, 3.8) is 0 Å². The van der Waals surface area contributed by atoms with Gasteiger partial charge in [-0.25, -0.2) is 4.98 Å². The molecule has 1 fully saturated rings. The molecule has 0 amide bonds. The van der Waals surface area contributed by atoms with Gasteiger partial charge in [0.1, 0.15) is 0 Å². The Balaban J connectivity index is 2.22. The van der Waals surface area contributed by atoms with Crippen LogP contribution in [-0.2, 0) is 0 Å². The zero-order chi connectivity index (χ0) is 9.97. The van der Waals surface area contributed by atoms with Crippen molar-refractivity contribution in [3.05, 3.63) is 29.3 Å². The fourth-order valence-corrected chi connectivity index (χ4v) is 2.01. The van der Waals surface area contributed by atoms with Crippen LogP contribution >= 0.6 is 0 Å². The summed E-state index contributed by atoms with van der Waals surface area (Å²) in [5.41, 5.74) is 2.14. The summed E-state index contributed by atoms with van der Waals surface area (Å²) in [6.07, 6.45) is 5.28. The van der Waals surface area contributed by atoms with Gasteiger partial charge in [-0.15, -0.1) is 0 Å². The van der Waals surface area contributed by atoms with Gasteiger partial charge in [0.15, 0.2) is 0 Å². The predicted octanol–water partition coefficient (Wildman–Crippen LogP) is 2.34. The minimum atomic E-state index is -0.387. The third-order valence-corrected chi connectivity index (χ3v) is 2.80. The number of nitrogens with one attached hydrogen (secondary N) is 1. The Labute approximate surface area is 83.6 Å². The number of hydrogen-bond acceptors (Lipinski definition) is 2. The third kappa shape index (κ3) is 1.93. The van der Waals surface area contributed by atoms with Crippen LogP contribution in [0.4, 0.5) is 4.39 Å². The Morgan fingerprint density at radius 1 is 1.50 bits per heavy atom. The van der Waals surface area contributed by atoms with Crippen molar-refractivity contribution < 1.29 is 4.39 Å². The number of hydrogen-bond donors (Lipinski definition) is 1. The normalized spacial score (nSPS) is 22.3. The van der Waals surface area contributed by atoms with Crippen LogP contribution in [0.3, 0.4) is 0 Å². The number of rotatable bonds is 1. The lowest BCUT2D eigenvalue weighted by atomic mass is 9.96. The van der Waals surface area contributed by atoms with Crippen LogP contribution in [0.1, 0.15) is 36.4 Å². The topological polar surface area (TPSA) is 24.9 Å². The summed E-state index contributed by atoms with van der Waals surface area (Å²) in [5, 5.41) is 3.43. The molecule has 0 bridgehead atoms. The van der Waals surface area contributed by atoms with Crippen molar-refractivity contribution in [3.8, 4) is 0 Å². The van der Waals surface area contributed by atoms with Gasteiger partial charge >= 0.3 is 0 Å². The Morgan fingerprint density at radius 3 is 3.00 bits per heavy atom. The van der Waals surface area contributed by atoms with E-state index in [2.05, 4.69) is 10.3 Å². The number of aromatic nitrogens is 1. The van der Waals surface area contributed by atoms with E-state index in [0.29, 0.717) is 6.04 Å². The standard InChI is InChI=1S/C11H15FN2/c1-8-6-11(12)14-7-9(8)10-4-2-3-5-13-10/h6-7,10,13H,2-5H2,1H3. The third-order valence-electron chi connectivity index (χ3n) is 2.80. The lowest BCUT2D eigenvalue weighted by Gasteiger charge is -2.24. The summed E-state index contributed by atoms with van der Waals surface area (Å²) < 4.78 is 12.8. The summed E-state index contributed by atoms with van der Waals surface area (Å²) in [4.78, 5) is 3.71. The molecule has 14 heavy (non-hydrogen) atoms. The molecule has 0 saturated carbocycles. The van der Waals surface area contributed by atoms with E-state index in [-0.39, 0.29) is 5.95 Å². The molecule has 2 heterocycles. The van der Waals surface area contributed by atoms with Crippen molar-refractivity contribution in [1.82, 2.24) is 10.3 Å². The van der Waals surface area contributed by atoms with Gasteiger partial charge in [-0.2, -0.15) is 4.39 Å². The first kappa shape index (κ1) is 9.59. The van der Waals surface area contributed by atoms with Crippen LogP contribution in [0.2, 0.25) is 0 Å². The maximum absolute atomic E-state index is 12.8. The van der Waals surface area contributed by atoms with E-state index in [1.54, 1.807) is 6.20 Å². The molecule has 1 atom stereocenters. The van der Waals surface area contributed by atoms with Crippen molar-refractivity contribution in [2.75, 3.05) is 6.54 Å². The molecule has 0 spiro atoms. The van der Waals surface area contributed by atoms with Crippen LogP contribution in [-0.4, -0.2) is 11.5 Å². The quantitative estimate of drug-likeness (QED) is 0.694. The Bertz CT molecular complexity index is 319. The molecule has 1 aliphatic rings. The first-order valence-corrected chi connectivity index (χ1v) is 5.13. The first-order chi connectivity index (χ1) is 6.77. The Hall–Kier alpha value is -0.960. The first-order valence-electron chi connectivity index (χ1n) is 5.13. The monoisotopic (exact) mass is 194 g/mol. The SMILES string of the molecule is Cc1cc(F)ncc1C1CCCCN1. The molecule has 1 aliphatic heterocycles. The highest BCUT2D eigenvalue weighted by molar-refractivity contribution is 5.25. The smallest absolute Gasteiger partial charge is 0.213 e. The van der Waals surface area contributed by atoms with Crippen molar-refractivity contribution in [1.29, 1.82) is 0 Å². The lowest BCUT2D eigenvalue weighted by molar-refractivity contribution is 0.409. The highest BCUT2D eigenvalue weighted by Gasteiger charge is 2.16. The predicted molar refractivity (Wildman–Crippen MR) is 53.5 cm³/mol. The zero-order valence-corrected chi connectivity index (χ0v) is 8.39. The second-order valence-corrected chi connectivity index (χ2v) is 3.87. The van der Waals surface area contributed by atoms with Gasteiger partial charge in [0, 0.05) is 12.2 Å². The number of pyridine rings is 1. The zero-order valence-electron chi connectivity index (χ0n) is 8.39. The molecule has 0 aromatic carbocycles. The molecule has 1 aromatic heterocycles. The fraction of sp³-hybridized carbons (Fsp3) is 0.545. The van der Waals surface area contributed by atoms with Gasteiger partial charge in [0.25, 0.3) is 0 Å². The summed E-state index contributed by atoms with van der Waals surface area (Å²) >= 11 is 0. The molecule has 2 rings (SSSR count). The van der Waals surface area contributed by atoms with Gasteiger partial charge in [-0.1, -0.05) is 6.42 Å². The summed E-state index contributed by atoms with van der Waals surface area (Å²) in [6.45, 7) is 3.00. The highest BCUT2D eigenvalue weighted by Crippen LogP contribution is 2.24. The molecular formula is C11H15FN2. The van der Waals surface area contributed by atoms with E-state index < -0.39 is 0 Å². The van der Waals surface area contributed by atoms with Crippen molar-refractivity contribution in [2.45, 2.75) is 32.2 Å². The lowest BCUT2D eigenvalue weighted by Crippen LogP contribution is -2.27. The second-order valence-electron chi connectivity index (χ2n) is 3.87. The van der Waals surface area contributed by atoms with E-state index in [9.17, 15) is 4.39 Å². The minimum absolute atomic E-state index is 0.372. The molecular weight excluding hydrogens is 179 g/mol. The van der Waals surface area contributed by atoms with Crippen LogP contribution < -0.4 is 5.32 Å². The molecule has 1 aromatic rings. The number of aryl methyl sites for hydroxylation is 1. The highest BCUT2D eigenvalue weighted by atomic mass is 19.1. The van der Waals surface area contributed by atoms with E-state index in [1.807, 2.05) is 6.92 Å². The molecule has 0 aliphatic carbocycles. The van der Waals surface area contributed by atoms with Crippen LogP contribution in [0.5, 0.6) is 0 Å². The summed E-state index contributed by atoms with van der Waals surface area (Å²) in [7, 11) is 0. The van der Waals surface area contributed by atoms with Crippen LogP contribution in [0.25, 0.3) is 0 Å². The van der Waals surface area contributed by atoms with Gasteiger partial charge in [0.05, 0.1) is 0 Å². The van der Waals surface area contributed by atoms with E-state index in [1.165, 1.54) is 18.9 Å². The average Bonchev–Trinajstić information content (AvgIpc) is 2.19. The Morgan fingerprint density at radius 2 is 2.36 bits per heavy atom. The number of piperidine rings is 1. The second kappa shape index (κ2) is 4.05. The number of halogens is 1. The van der Waals surface area contributed by atoms with Gasteiger partial charge in [-0.3, -0.25) is 0 Å². The van der Waals surface area contributed by atoms with E-state index in [0.717, 1.165) is 24.1 Å². The molecule has 0 radical (unpaired) electrons. The maximum Gasteiger partial charge on any atom is 0.213 e. The number of nitrogens with zero attached hydrogens (tertiary/aromatic N) is 1. The Kier molecular flexibility index (Phi) is 2.77. The molecule has 1 N–H and O–H groups in total. The van der Waals surface area contributed by atoms with Crippen molar-refractivity contribution >= 4 is 0 Å². The van der Waals surface area contributed by atoms with Gasteiger partial charge < -0.3 is 5.32 Å². The molecule has 3 heteroatoms. The summed E-state index contributed by atoms with van der Waals surface area (Å²) in [6, 6.07) is 1.88. The fourth-order valence-electron chi connectivity index (χ4n) is 2.01. The van der Waals surface area contributed by atoms with Crippen LogP contribution in [0.15, 0.2) is 12.3 Å². The van der Waals surface area contributed by atoms with Crippen molar-refractivity contribution in [2.24, 2.45) is 0 Å². The van der Waals surface area contributed by atoms with Gasteiger partial charge in [-0.05, 0) is 43.5 Å². The van der Waals surface area contributed by atoms with Gasteiger partial charge in [0.2, 0.25) is 5.95 Å². The molecule has 76 valence electrons. The van der Waals surface area contributed by atoms with Crippen LogP contribution in [0, 0.1) is 12.9 Å².